The fourth-order valence-corrected chi connectivity index (χ4v) is 1.38. The van der Waals surface area contributed by atoms with E-state index in [-0.39, 0.29) is 11.7 Å². The van der Waals surface area contributed by atoms with Crippen LogP contribution in [0.5, 0.6) is 5.75 Å². The van der Waals surface area contributed by atoms with E-state index in [1.165, 1.54) is 12.1 Å². The van der Waals surface area contributed by atoms with Crippen molar-refractivity contribution in [2.24, 2.45) is 0 Å². The number of hydrogen-bond donors (Lipinski definition) is 0. The largest absolute Gasteiger partial charge is 0.490 e. The van der Waals surface area contributed by atoms with Crippen molar-refractivity contribution in [1.82, 2.24) is 0 Å². The van der Waals surface area contributed by atoms with E-state index in [2.05, 4.69) is 11.8 Å². The molecule has 0 saturated heterocycles. The minimum atomic E-state index is -0.359. The molecule has 0 N–H and O–H groups in total. The van der Waals surface area contributed by atoms with Gasteiger partial charge in [0.05, 0.1) is 31.3 Å². The zero-order chi connectivity index (χ0) is 13.9. The molecule has 0 aliphatic heterocycles. The summed E-state index contributed by atoms with van der Waals surface area (Å²) >= 11 is 5.48. The van der Waals surface area contributed by atoms with E-state index >= 15 is 0 Å². The van der Waals surface area contributed by atoms with E-state index < -0.39 is 0 Å². The minimum Gasteiger partial charge on any atom is -0.490 e. The first kappa shape index (κ1) is 15.8. The molecule has 0 unspecified atom stereocenters. The minimum absolute atomic E-state index is 0.191. The molecule has 3 nitrogen and oxygen atoms in total. The smallest absolute Gasteiger partial charge is 0.135 e. The van der Waals surface area contributed by atoms with Gasteiger partial charge in [-0.25, -0.2) is 4.39 Å². The lowest BCUT2D eigenvalue weighted by Crippen LogP contribution is -2.10. The van der Waals surface area contributed by atoms with Gasteiger partial charge in [0.25, 0.3) is 0 Å². The number of alkyl halides is 1. The number of benzene rings is 1. The van der Waals surface area contributed by atoms with Gasteiger partial charge in [0.1, 0.15) is 18.2 Å². The molecule has 5 heteroatoms. The number of methoxy groups -OCH3 is 1. The first-order valence-electron chi connectivity index (χ1n) is 5.81. The number of halogens is 2. The van der Waals surface area contributed by atoms with Crippen LogP contribution in [-0.4, -0.2) is 39.4 Å². The fraction of sp³-hybridized carbons (Fsp3) is 0.429. The van der Waals surface area contributed by atoms with Gasteiger partial charge in [-0.2, -0.15) is 0 Å². The molecule has 19 heavy (non-hydrogen) atoms. The zero-order valence-corrected chi connectivity index (χ0v) is 11.5. The Kier molecular flexibility index (Phi) is 7.99. The SMILES string of the molecule is COCCOCCOc1ccc(F)cc1C#CCCl. The van der Waals surface area contributed by atoms with Crippen LogP contribution in [-0.2, 0) is 9.47 Å². The Labute approximate surface area is 117 Å². The predicted octanol–water partition coefficient (Wildman–Crippen LogP) is 2.46. The molecule has 0 radical (unpaired) electrons. The third-order valence-electron chi connectivity index (χ3n) is 2.15. The standard InChI is InChI=1S/C14H16ClFO3/c1-17-7-8-18-9-10-19-14-5-4-13(16)11-12(14)3-2-6-15/h4-5,11H,6-10H2,1H3. The van der Waals surface area contributed by atoms with Crippen LogP contribution >= 0.6 is 11.6 Å². The Morgan fingerprint density at radius 1 is 1.21 bits per heavy atom. The van der Waals surface area contributed by atoms with E-state index in [1.54, 1.807) is 13.2 Å². The molecule has 0 spiro atoms. The predicted molar refractivity (Wildman–Crippen MR) is 72.2 cm³/mol. The van der Waals surface area contributed by atoms with Crippen LogP contribution in [0.25, 0.3) is 0 Å². The Balaban J connectivity index is 2.48. The van der Waals surface area contributed by atoms with Crippen molar-refractivity contribution in [1.29, 1.82) is 0 Å². The molecule has 0 heterocycles. The highest BCUT2D eigenvalue weighted by molar-refractivity contribution is 6.19. The fourth-order valence-electron chi connectivity index (χ4n) is 1.31. The van der Waals surface area contributed by atoms with Gasteiger partial charge in [0.15, 0.2) is 0 Å². The Morgan fingerprint density at radius 2 is 2.00 bits per heavy atom. The van der Waals surface area contributed by atoms with Crippen LogP contribution in [0.2, 0.25) is 0 Å². The second-order valence-electron chi connectivity index (χ2n) is 3.53. The lowest BCUT2D eigenvalue weighted by Gasteiger charge is -2.08. The quantitative estimate of drug-likeness (QED) is 0.438. The molecule has 1 aromatic carbocycles. The Hall–Kier alpha value is -1.28. The highest BCUT2D eigenvalue weighted by atomic mass is 35.5. The number of hydrogen-bond acceptors (Lipinski definition) is 3. The molecule has 1 rings (SSSR count). The number of rotatable bonds is 7. The molecule has 0 aromatic heterocycles. The van der Waals surface area contributed by atoms with E-state index in [0.717, 1.165) is 0 Å². The maximum absolute atomic E-state index is 13.1. The molecule has 0 saturated carbocycles. The summed E-state index contributed by atoms with van der Waals surface area (Å²) in [5.41, 5.74) is 0.484. The molecular formula is C14H16ClFO3. The molecule has 0 aliphatic rings. The van der Waals surface area contributed by atoms with Gasteiger partial charge in [-0.3, -0.25) is 0 Å². The third-order valence-corrected chi connectivity index (χ3v) is 2.28. The first-order chi connectivity index (χ1) is 9.27. The summed E-state index contributed by atoms with van der Waals surface area (Å²) in [6, 6.07) is 4.19. The normalized spacial score (nSPS) is 9.84. The van der Waals surface area contributed by atoms with E-state index in [9.17, 15) is 4.39 Å². The Bertz CT molecular complexity index is 440. The lowest BCUT2D eigenvalue weighted by atomic mass is 10.2. The summed E-state index contributed by atoms with van der Waals surface area (Å²) < 4.78 is 28.7. The van der Waals surface area contributed by atoms with Crippen LogP contribution < -0.4 is 4.74 Å². The monoisotopic (exact) mass is 286 g/mol. The topological polar surface area (TPSA) is 27.7 Å². The second-order valence-corrected chi connectivity index (χ2v) is 3.80. The van der Waals surface area contributed by atoms with Gasteiger partial charge in [-0.05, 0) is 18.2 Å². The van der Waals surface area contributed by atoms with Gasteiger partial charge in [-0.1, -0.05) is 11.8 Å². The highest BCUT2D eigenvalue weighted by Gasteiger charge is 2.03. The van der Waals surface area contributed by atoms with Gasteiger partial charge in [0.2, 0.25) is 0 Å². The molecule has 0 atom stereocenters. The van der Waals surface area contributed by atoms with Crippen molar-refractivity contribution >= 4 is 11.6 Å². The lowest BCUT2D eigenvalue weighted by molar-refractivity contribution is 0.0544. The van der Waals surface area contributed by atoms with E-state index in [1.807, 2.05) is 0 Å². The van der Waals surface area contributed by atoms with Crippen LogP contribution in [0.3, 0.4) is 0 Å². The molecule has 0 aliphatic carbocycles. The van der Waals surface area contributed by atoms with Crippen LogP contribution in [0, 0.1) is 17.7 Å². The van der Waals surface area contributed by atoms with Gasteiger partial charge < -0.3 is 14.2 Å². The van der Waals surface area contributed by atoms with Crippen molar-refractivity contribution in [2.75, 3.05) is 39.4 Å². The molecule has 1 aromatic rings. The average molecular weight is 287 g/mol. The average Bonchev–Trinajstić information content (AvgIpc) is 2.42. The van der Waals surface area contributed by atoms with Crippen LogP contribution in [0.15, 0.2) is 18.2 Å². The summed E-state index contributed by atoms with van der Waals surface area (Å²) in [7, 11) is 1.61. The van der Waals surface area contributed by atoms with Gasteiger partial charge in [-0.15, -0.1) is 11.6 Å². The summed E-state index contributed by atoms with van der Waals surface area (Å²) in [4.78, 5) is 0. The molecule has 0 bridgehead atoms. The maximum atomic E-state index is 13.1. The third kappa shape index (κ3) is 6.44. The van der Waals surface area contributed by atoms with Crippen molar-refractivity contribution in [3.63, 3.8) is 0 Å². The second kappa shape index (κ2) is 9.62. The zero-order valence-electron chi connectivity index (χ0n) is 10.7. The van der Waals surface area contributed by atoms with Gasteiger partial charge >= 0.3 is 0 Å². The van der Waals surface area contributed by atoms with Crippen molar-refractivity contribution < 1.29 is 18.6 Å². The highest BCUT2D eigenvalue weighted by Crippen LogP contribution is 2.18. The molecule has 0 amide bonds. The van der Waals surface area contributed by atoms with Crippen LogP contribution in [0.1, 0.15) is 5.56 Å². The van der Waals surface area contributed by atoms with E-state index in [0.29, 0.717) is 37.7 Å². The first-order valence-corrected chi connectivity index (χ1v) is 6.35. The van der Waals surface area contributed by atoms with Crippen molar-refractivity contribution in [2.45, 2.75) is 0 Å². The molecule has 104 valence electrons. The summed E-state index contributed by atoms with van der Waals surface area (Å²) in [5, 5.41) is 0. The van der Waals surface area contributed by atoms with Crippen molar-refractivity contribution in [3.05, 3.63) is 29.6 Å². The summed E-state index contributed by atoms with van der Waals surface area (Å²) in [6.07, 6.45) is 0. The maximum Gasteiger partial charge on any atom is 0.135 e. The van der Waals surface area contributed by atoms with Crippen LogP contribution in [0.4, 0.5) is 4.39 Å². The molecule has 0 fully saturated rings. The summed E-state index contributed by atoms with van der Waals surface area (Å²) in [6.45, 7) is 1.86. The molecular weight excluding hydrogens is 271 g/mol. The van der Waals surface area contributed by atoms with Crippen molar-refractivity contribution in [3.8, 4) is 17.6 Å². The summed E-state index contributed by atoms with van der Waals surface area (Å²) in [5.74, 6) is 5.78. The Morgan fingerprint density at radius 3 is 2.74 bits per heavy atom. The van der Waals surface area contributed by atoms with E-state index in [4.69, 9.17) is 25.8 Å². The van der Waals surface area contributed by atoms with Gasteiger partial charge in [0, 0.05) is 7.11 Å². The number of ether oxygens (including phenoxy) is 3.